The molecule has 0 atom stereocenters. The summed E-state index contributed by atoms with van der Waals surface area (Å²) < 4.78 is 0. The van der Waals surface area contributed by atoms with Crippen LogP contribution >= 0.6 is 0 Å². The highest BCUT2D eigenvalue weighted by molar-refractivity contribution is 5.36. The third-order valence-electron chi connectivity index (χ3n) is 1.84. The van der Waals surface area contributed by atoms with Gasteiger partial charge in [-0.1, -0.05) is 13.0 Å². The molecule has 78 valence electrons. The van der Waals surface area contributed by atoms with Crippen LogP contribution in [-0.2, 0) is 6.54 Å². The number of pyridine rings is 1. The second-order valence-electron chi connectivity index (χ2n) is 3.63. The van der Waals surface area contributed by atoms with Crippen LogP contribution in [0.5, 0.6) is 0 Å². The summed E-state index contributed by atoms with van der Waals surface area (Å²) >= 11 is 0. The Morgan fingerprint density at radius 1 is 1.36 bits per heavy atom. The van der Waals surface area contributed by atoms with Gasteiger partial charge >= 0.3 is 0 Å². The maximum Gasteiger partial charge on any atom is 0.126 e. The molecule has 1 aromatic heterocycles. The molecule has 2 N–H and O–H groups in total. The summed E-state index contributed by atoms with van der Waals surface area (Å²) in [5.74, 6) is 0.945. The van der Waals surface area contributed by atoms with Crippen LogP contribution in [0, 0.1) is 0 Å². The number of rotatable bonds is 5. The molecular formula is C11H19N3. The number of nitrogens with one attached hydrogen (secondary N) is 2. The quantitative estimate of drug-likeness (QED) is 0.751. The first-order valence-corrected chi connectivity index (χ1v) is 5.14. The smallest absolute Gasteiger partial charge is 0.126 e. The van der Waals surface area contributed by atoms with Crippen LogP contribution in [0.1, 0.15) is 26.3 Å². The molecule has 0 aromatic carbocycles. The largest absolute Gasteiger partial charge is 0.368 e. The highest BCUT2D eigenvalue weighted by Crippen LogP contribution is 2.05. The van der Waals surface area contributed by atoms with Crippen LogP contribution in [0.4, 0.5) is 5.82 Å². The lowest BCUT2D eigenvalue weighted by Crippen LogP contribution is -2.13. The fourth-order valence-corrected chi connectivity index (χ4v) is 1.18. The molecule has 0 bridgehead atoms. The molecule has 0 aliphatic rings. The minimum absolute atomic E-state index is 0.433. The Balaban J connectivity index is 2.50. The van der Waals surface area contributed by atoms with Gasteiger partial charge in [-0.25, -0.2) is 4.98 Å². The van der Waals surface area contributed by atoms with E-state index >= 15 is 0 Å². The van der Waals surface area contributed by atoms with Gasteiger partial charge in [0.05, 0.1) is 0 Å². The van der Waals surface area contributed by atoms with Gasteiger partial charge in [0.15, 0.2) is 0 Å². The minimum Gasteiger partial charge on any atom is -0.368 e. The zero-order chi connectivity index (χ0) is 10.4. The summed E-state index contributed by atoms with van der Waals surface area (Å²) in [5.41, 5.74) is 1.22. The minimum atomic E-state index is 0.433. The molecule has 1 heterocycles. The Bertz CT molecular complexity index is 254. The normalized spacial score (nSPS) is 10.6. The number of hydrogen-bond acceptors (Lipinski definition) is 3. The zero-order valence-electron chi connectivity index (χ0n) is 9.17. The third-order valence-corrected chi connectivity index (χ3v) is 1.84. The molecule has 0 amide bonds. The van der Waals surface area contributed by atoms with Gasteiger partial charge in [0.1, 0.15) is 5.82 Å². The van der Waals surface area contributed by atoms with E-state index in [4.69, 9.17) is 0 Å². The molecule has 0 spiro atoms. The molecule has 1 rings (SSSR count). The molecule has 0 aliphatic heterocycles. The zero-order valence-corrected chi connectivity index (χ0v) is 9.17. The highest BCUT2D eigenvalue weighted by Gasteiger charge is 1.96. The van der Waals surface area contributed by atoms with Crippen molar-refractivity contribution in [1.82, 2.24) is 10.3 Å². The summed E-state index contributed by atoms with van der Waals surface area (Å²) in [7, 11) is 0. The Labute approximate surface area is 85.9 Å². The molecule has 1 aromatic rings. The summed E-state index contributed by atoms with van der Waals surface area (Å²) in [6, 6.07) is 4.55. The van der Waals surface area contributed by atoms with Gasteiger partial charge in [0.2, 0.25) is 0 Å². The summed E-state index contributed by atoms with van der Waals surface area (Å²) in [5, 5.41) is 6.52. The average Bonchev–Trinajstić information content (AvgIpc) is 2.16. The Kier molecular flexibility index (Phi) is 4.40. The Morgan fingerprint density at radius 3 is 2.64 bits per heavy atom. The van der Waals surface area contributed by atoms with Crippen LogP contribution in [0.25, 0.3) is 0 Å². The van der Waals surface area contributed by atoms with E-state index in [1.165, 1.54) is 5.56 Å². The van der Waals surface area contributed by atoms with Gasteiger partial charge in [-0.3, -0.25) is 0 Å². The van der Waals surface area contributed by atoms with E-state index in [1.807, 2.05) is 12.3 Å². The van der Waals surface area contributed by atoms with Crippen LogP contribution in [0.2, 0.25) is 0 Å². The standard InChI is InChI=1S/C11H19N3/c1-4-12-7-10-5-6-11(13-8-10)14-9(2)3/h5-6,8-9,12H,4,7H2,1-3H3,(H,13,14). The lowest BCUT2D eigenvalue weighted by Gasteiger charge is -2.09. The number of aromatic nitrogens is 1. The van der Waals surface area contributed by atoms with Crippen LogP contribution < -0.4 is 10.6 Å². The highest BCUT2D eigenvalue weighted by atomic mass is 15.0. The predicted octanol–water partition coefficient (Wildman–Crippen LogP) is 2.01. The first-order valence-electron chi connectivity index (χ1n) is 5.14. The monoisotopic (exact) mass is 193 g/mol. The Hall–Kier alpha value is -1.09. The van der Waals surface area contributed by atoms with Gasteiger partial charge in [0.25, 0.3) is 0 Å². The fourth-order valence-electron chi connectivity index (χ4n) is 1.18. The van der Waals surface area contributed by atoms with Crippen molar-refractivity contribution in [2.24, 2.45) is 0 Å². The average molecular weight is 193 g/mol. The molecule has 0 aliphatic carbocycles. The molecule has 0 saturated heterocycles. The molecule has 3 nitrogen and oxygen atoms in total. The maximum atomic E-state index is 4.32. The van der Waals surface area contributed by atoms with Crippen molar-refractivity contribution >= 4 is 5.82 Å². The van der Waals surface area contributed by atoms with Crippen LogP contribution in [-0.4, -0.2) is 17.6 Å². The molecule has 0 radical (unpaired) electrons. The van der Waals surface area contributed by atoms with E-state index in [2.05, 4.69) is 42.5 Å². The molecule has 0 saturated carbocycles. The van der Waals surface area contributed by atoms with Gasteiger partial charge in [-0.15, -0.1) is 0 Å². The predicted molar refractivity (Wildman–Crippen MR) is 60.4 cm³/mol. The van der Waals surface area contributed by atoms with Crippen molar-refractivity contribution in [3.63, 3.8) is 0 Å². The molecular weight excluding hydrogens is 174 g/mol. The van der Waals surface area contributed by atoms with Crippen molar-refractivity contribution in [2.75, 3.05) is 11.9 Å². The van der Waals surface area contributed by atoms with Gasteiger partial charge in [-0.05, 0) is 32.0 Å². The lowest BCUT2D eigenvalue weighted by atomic mass is 10.2. The molecule has 3 heteroatoms. The maximum absolute atomic E-state index is 4.32. The number of nitrogens with zero attached hydrogens (tertiary/aromatic N) is 1. The van der Waals surface area contributed by atoms with Crippen molar-refractivity contribution in [3.8, 4) is 0 Å². The van der Waals surface area contributed by atoms with E-state index in [1.54, 1.807) is 0 Å². The van der Waals surface area contributed by atoms with Gasteiger partial charge < -0.3 is 10.6 Å². The van der Waals surface area contributed by atoms with E-state index < -0.39 is 0 Å². The van der Waals surface area contributed by atoms with E-state index in [0.717, 1.165) is 18.9 Å². The molecule has 14 heavy (non-hydrogen) atoms. The fraction of sp³-hybridized carbons (Fsp3) is 0.545. The van der Waals surface area contributed by atoms with Crippen molar-refractivity contribution < 1.29 is 0 Å². The SMILES string of the molecule is CCNCc1ccc(NC(C)C)nc1. The van der Waals surface area contributed by atoms with E-state index in [-0.39, 0.29) is 0 Å². The van der Waals surface area contributed by atoms with Crippen molar-refractivity contribution in [3.05, 3.63) is 23.9 Å². The van der Waals surface area contributed by atoms with E-state index in [9.17, 15) is 0 Å². The lowest BCUT2D eigenvalue weighted by molar-refractivity contribution is 0.724. The second-order valence-corrected chi connectivity index (χ2v) is 3.63. The summed E-state index contributed by atoms with van der Waals surface area (Å²) in [6.07, 6.45) is 1.91. The molecule has 0 fully saturated rings. The Morgan fingerprint density at radius 2 is 2.14 bits per heavy atom. The first-order chi connectivity index (χ1) is 6.72. The van der Waals surface area contributed by atoms with Crippen LogP contribution in [0.15, 0.2) is 18.3 Å². The van der Waals surface area contributed by atoms with Crippen molar-refractivity contribution in [2.45, 2.75) is 33.4 Å². The van der Waals surface area contributed by atoms with E-state index in [0.29, 0.717) is 6.04 Å². The third kappa shape index (κ3) is 3.75. The second kappa shape index (κ2) is 5.60. The molecule has 0 unspecified atom stereocenters. The van der Waals surface area contributed by atoms with Crippen LogP contribution in [0.3, 0.4) is 0 Å². The van der Waals surface area contributed by atoms with Gasteiger partial charge in [-0.2, -0.15) is 0 Å². The topological polar surface area (TPSA) is 37.0 Å². The number of hydrogen-bond donors (Lipinski definition) is 2. The van der Waals surface area contributed by atoms with Gasteiger partial charge in [0, 0.05) is 18.8 Å². The van der Waals surface area contributed by atoms with Crippen molar-refractivity contribution in [1.29, 1.82) is 0 Å². The first kappa shape index (κ1) is 11.0. The summed E-state index contributed by atoms with van der Waals surface area (Å²) in [6.45, 7) is 8.20. The number of anilines is 1. The summed E-state index contributed by atoms with van der Waals surface area (Å²) in [4.78, 5) is 4.32.